The highest BCUT2D eigenvalue weighted by Gasteiger charge is 2.22. The third-order valence-corrected chi connectivity index (χ3v) is 2.94. The van der Waals surface area contributed by atoms with E-state index in [0.717, 1.165) is 12.5 Å². The lowest BCUT2D eigenvalue weighted by molar-refractivity contribution is 0.102. The van der Waals surface area contributed by atoms with Gasteiger partial charge in [-0.05, 0) is 24.6 Å². The standard InChI is InChI=1S/C14H16FN3O2/c1-3-6-18-13(12(20-2)8-17-18)14(19)10-7-9(15)4-5-11(10)16/h4-5,7-8H,3,6,16H2,1-2H3. The Kier molecular flexibility index (Phi) is 4.02. The first kappa shape index (κ1) is 14.0. The van der Waals surface area contributed by atoms with Crippen molar-refractivity contribution in [3.63, 3.8) is 0 Å². The maximum atomic E-state index is 13.3. The molecule has 20 heavy (non-hydrogen) atoms. The van der Waals surface area contributed by atoms with Crippen LogP contribution in [-0.2, 0) is 6.54 Å². The van der Waals surface area contributed by atoms with Crippen LogP contribution in [0.4, 0.5) is 10.1 Å². The number of halogens is 1. The van der Waals surface area contributed by atoms with Gasteiger partial charge >= 0.3 is 0 Å². The number of nitrogens with two attached hydrogens (primary N) is 1. The number of benzene rings is 1. The molecule has 0 aliphatic rings. The molecule has 2 rings (SSSR count). The lowest BCUT2D eigenvalue weighted by Gasteiger charge is -2.09. The Morgan fingerprint density at radius 3 is 2.90 bits per heavy atom. The van der Waals surface area contributed by atoms with Crippen molar-refractivity contribution in [2.75, 3.05) is 12.8 Å². The van der Waals surface area contributed by atoms with Crippen LogP contribution in [0, 0.1) is 5.82 Å². The van der Waals surface area contributed by atoms with Crippen molar-refractivity contribution >= 4 is 11.5 Å². The van der Waals surface area contributed by atoms with Gasteiger partial charge in [-0.3, -0.25) is 9.48 Å². The zero-order valence-corrected chi connectivity index (χ0v) is 11.4. The largest absolute Gasteiger partial charge is 0.493 e. The second kappa shape index (κ2) is 5.73. The smallest absolute Gasteiger partial charge is 0.217 e. The number of hydrogen-bond acceptors (Lipinski definition) is 4. The minimum Gasteiger partial charge on any atom is -0.493 e. The maximum Gasteiger partial charge on any atom is 0.217 e. The van der Waals surface area contributed by atoms with Crippen LogP contribution in [-0.4, -0.2) is 22.7 Å². The molecule has 0 saturated heterocycles. The zero-order chi connectivity index (χ0) is 14.7. The summed E-state index contributed by atoms with van der Waals surface area (Å²) in [5.41, 5.74) is 6.37. The number of nitrogens with zero attached hydrogens (tertiary/aromatic N) is 2. The summed E-state index contributed by atoms with van der Waals surface area (Å²) in [6.45, 7) is 2.54. The highest BCUT2D eigenvalue weighted by Crippen LogP contribution is 2.24. The minimum absolute atomic E-state index is 0.112. The van der Waals surface area contributed by atoms with Gasteiger partial charge in [-0.1, -0.05) is 6.92 Å². The number of aryl methyl sites for hydroxylation is 1. The van der Waals surface area contributed by atoms with E-state index in [1.165, 1.54) is 25.4 Å². The van der Waals surface area contributed by atoms with E-state index in [0.29, 0.717) is 12.3 Å². The molecule has 5 nitrogen and oxygen atoms in total. The Bertz CT molecular complexity index is 637. The fraction of sp³-hybridized carbons (Fsp3) is 0.286. The Labute approximate surface area is 116 Å². The summed E-state index contributed by atoms with van der Waals surface area (Å²) < 4.78 is 20.0. The van der Waals surface area contributed by atoms with E-state index in [1.807, 2.05) is 6.92 Å². The fourth-order valence-corrected chi connectivity index (χ4v) is 1.98. The Morgan fingerprint density at radius 2 is 2.25 bits per heavy atom. The van der Waals surface area contributed by atoms with Gasteiger partial charge in [0.05, 0.1) is 18.9 Å². The van der Waals surface area contributed by atoms with Crippen LogP contribution in [0.1, 0.15) is 29.4 Å². The number of hydrogen-bond donors (Lipinski definition) is 1. The molecule has 1 aromatic heterocycles. The topological polar surface area (TPSA) is 70.1 Å². The highest BCUT2D eigenvalue weighted by molar-refractivity contribution is 6.12. The average Bonchev–Trinajstić information content (AvgIpc) is 2.84. The molecule has 0 amide bonds. The van der Waals surface area contributed by atoms with Crippen molar-refractivity contribution in [1.82, 2.24) is 9.78 Å². The van der Waals surface area contributed by atoms with Crippen LogP contribution in [0.5, 0.6) is 5.75 Å². The van der Waals surface area contributed by atoms with Crippen molar-refractivity contribution in [1.29, 1.82) is 0 Å². The van der Waals surface area contributed by atoms with Crippen molar-refractivity contribution < 1.29 is 13.9 Å². The molecule has 2 aromatic rings. The SMILES string of the molecule is CCCn1ncc(OC)c1C(=O)c1cc(F)ccc1N. The van der Waals surface area contributed by atoms with Gasteiger partial charge in [-0.25, -0.2) is 4.39 Å². The maximum absolute atomic E-state index is 13.3. The molecule has 0 fully saturated rings. The van der Waals surface area contributed by atoms with Gasteiger partial charge in [0, 0.05) is 12.2 Å². The quantitative estimate of drug-likeness (QED) is 0.672. The summed E-state index contributed by atoms with van der Waals surface area (Å²) in [6.07, 6.45) is 2.28. The zero-order valence-electron chi connectivity index (χ0n) is 11.4. The molecule has 2 N–H and O–H groups in total. The van der Waals surface area contributed by atoms with Crippen molar-refractivity contribution in [3.05, 3.63) is 41.5 Å². The molecule has 0 bridgehead atoms. The molecule has 106 valence electrons. The summed E-state index contributed by atoms with van der Waals surface area (Å²) in [6, 6.07) is 3.71. The summed E-state index contributed by atoms with van der Waals surface area (Å²) in [5, 5.41) is 4.11. The number of anilines is 1. The molecule has 0 unspecified atom stereocenters. The molecule has 0 spiro atoms. The van der Waals surface area contributed by atoms with Crippen LogP contribution < -0.4 is 10.5 Å². The summed E-state index contributed by atoms with van der Waals surface area (Å²) >= 11 is 0. The summed E-state index contributed by atoms with van der Waals surface area (Å²) in [5.74, 6) is -0.556. The molecule has 6 heteroatoms. The van der Waals surface area contributed by atoms with Crippen molar-refractivity contribution in [2.24, 2.45) is 0 Å². The molecule has 0 radical (unpaired) electrons. The van der Waals surface area contributed by atoms with Gasteiger partial charge in [0.15, 0.2) is 11.4 Å². The third-order valence-electron chi connectivity index (χ3n) is 2.94. The summed E-state index contributed by atoms with van der Waals surface area (Å²) in [7, 11) is 1.46. The van der Waals surface area contributed by atoms with Crippen LogP contribution >= 0.6 is 0 Å². The lowest BCUT2D eigenvalue weighted by atomic mass is 10.1. The highest BCUT2D eigenvalue weighted by atomic mass is 19.1. The molecule has 1 aromatic carbocycles. The van der Waals surface area contributed by atoms with E-state index < -0.39 is 11.6 Å². The molecule has 0 aliphatic carbocycles. The van der Waals surface area contributed by atoms with Gasteiger partial charge in [0.2, 0.25) is 5.78 Å². The number of aromatic nitrogens is 2. The minimum atomic E-state index is -0.511. The van der Waals surface area contributed by atoms with Gasteiger partial charge in [0.25, 0.3) is 0 Å². The monoisotopic (exact) mass is 277 g/mol. The predicted molar refractivity (Wildman–Crippen MR) is 73.3 cm³/mol. The summed E-state index contributed by atoms with van der Waals surface area (Å²) in [4.78, 5) is 12.6. The van der Waals surface area contributed by atoms with E-state index in [9.17, 15) is 9.18 Å². The van der Waals surface area contributed by atoms with Crippen LogP contribution in [0.2, 0.25) is 0 Å². The van der Waals surface area contributed by atoms with E-state index >= 15 is 0 Å². The molecular formula is C14H16FN3O2. The average molecular weight is 277 g/mol. The van der Waals surface area contributed by atoms with Crippen LogP contribution in [0.15, 0.2) is 24.4 Å². The second-order valence-electron chi connectivity index (χ2n) is 4.35. The third kappa shape index (κ3) is 2.49. The molecule has 0 saturated carbocycles. The van der Waals surface area contributed by atoms with Gasteiger partial charge < -0.3 is 10.5 Å². The van der Waals surface area contributed by atoms with E-state index in [2.05, 4.69) is 5.10 Å². The second-order valence-corrected chi connectivity index (χ2v) is 4.35. The number of ketones is 1. The number of carbonyl (C=O) groups excluding carboxylic acids is 1. The molecule has 0 aliphatic heterocycles. The number of ether oxygens (including phenoxy) is 1. The van der Waals surface area contributed by atoms with Gasteiger partial charge in [0.1, 0.15) is 5.82 Å². The Morgan fingerprint density at radius 1 is 1.50 bits per heavy atom. The Hall–Kier alpha value is -2.37. The number of rotatable bonds is 5. The van der Waals surface area contributed by atoms with Gasteiger partial charge in [-0.15, -0.1) is 0 Å². The van der Waals surface area contributed by atoms with E-state index in [4.69, 9.17) is 10.5 Å². The first-order valence-electron chi connectivity index (χ1n) is 6.28. The molecular weight excluding hydrogens is 261 g/mol. The Balaban J connectivity index is 2.52. The van der Waals surface area contributed by atoms with E-state index in [1.54, 1.807) is 4.68 Å². The fourth-order valence-electron chi connectivity index (χ4n) is 1.98. The predicted octanol–water partition coefficient (Wildman–Crippen LogP) is 2.25. The van der Waals surface area contributed by atoms with E-state index in [-0.39, 0.29) is 16.9 Å². The first-order valence-corrected chi connectivity index (χ1v) is 6.28. The molecule has 0 atom stereocenters. The number of methoxy groups -OCH3 is 1. The number of carbonyl (C=O) groups is 1. The van der Waals surface area contributed by atoms with Crippen molar-refractivity contribution in [3.8, 4) is 5.75 Å². The number of nitrogen functional groups attached to an aromatic ring is 1. The normalized spacial score (nSPS) is 10.6. The van der Waals surface area contributed by atoms with Gasteiger partial charge in [-0.2, -0.15) is 5.10 Å². The van der Waals surface area contributed by atoms with Crippen LogP contribution in [0.3, 0.4) is 0 Å². The van der Waals surface area contributed by atoms with Crippen LogP contribution in [0.25, 0.3) is 0 Å². The van der Waals surface area contributed by atoms with Crippen molar-refractivity contribution in [2.45, 2.75) is 19.9 Å². The molecule has 1 heterocycles. The lowest BCUT2D eigenvalue weighted by Crippen LogP contribution is -2.14. The first-order chi connectivity index (χ1) is 9.58.